The first-order valence-electron chi connectivity index (χ1n) is 6.00. The fourth-order valence-corrected chi connectivity index (χ4v) is 3.22. The van der Waals surface area contributed by atoms with Gasteiger partial charge in [-0.1, -0.05) is 6.07 Å². The smallest absolute Gasteiger partial charge is 0.331 e. The number of nitrogens with one attached hydrogen (secondary N) is 2. The molecule has 0 aliphatic carbocycles. The van der Waals surface area contributed by atoms with E-state index < -0.39 is 22.0 Å². The largest absolute Gasteiger partial charge is 0.479 e. The summed E-state index contributed by atoms with van der Waals surface area (Å²) in [6.45, 7) is 0. The zero-order valence-electron chi connectivity index (χ0n) is 11.1. The van der Waals surface area contributed by atoms with Crippen molar-refractivity contribution in [2.75, 3.05) is 12.4 Å². The third-order valence-corrected chi connectivity index (χ3v) is 5.19. The minimum atomic E-state index is -3.50. The van der Waals surface area contributed by atoms with Crippen molar-refractivity contribution >= 4 is 33.0 Å². The molecule has 1 atom stereocenters. The molecule has 1 aromatic heterocycles. The van der Waals surface area contributed by atoms with Crippen molar-refractivity contribution in [2.45, 2.75) is 10.9 Å². The van der Waals surface area contributed by atoms with Crippen LogP contribution in [0.2, 0.25) is 0 Å². The number of anilines is 1. The number of hydrogen-bond donors (Lipinski definition) is 3. The molecule has 0 spiro atoms. The third kappa shape index (κ3) is 3.60. The highest BCUT2D eigenvalue weighted by molar-refractivity contribution is 7.89. The molecule has 112 valence electrons. The van der Waals surface area contributed by atoms with Gasteiger partial charge in [0.25, 0.3) is 0 Å². The highest BCUT2D eigenvalue weighted by atomic mass is 32.2. The van der Waals surface area contributed by atoms with Gasteiger partial charge in [-0.3, -0.25) is 0 Å². The van der Waals surface area contributed by atoms with Crippen molar-refractivity contribution in [2.24, 2.45) is 0 Å². The van der Waals surface area contributed by atoms with Gasteiger partial charge >= 0.3 is 5.97 Å². The second kappa shape index (κ2) is 6.25. The van der Waals surface area contributed by atoms with Crippen molar-refractivity contribution in [1.82, 2.24) is 4.72 Å². The van der Waals surface area contributed by atoms with E-state index in [0.717, 1.165) is 0 Å². The summed E-state index contributed by atoms with van der Waals surface area (Å²) in [5, 5.41) is 13.9. The molecule has 0 fully saturated rings. The Bertz CT molecular complexity index is 709. The maximum absolute atomic E-state index is 11.6. The Kier molecular flexibility index (Phi) is 4.61. The second-order valence-electron chi connectivity index (χ2n) is 4.16. The SMILES string of the molecule is CNS(=O)(=O)c1ccc(NC(C(=O)O)c2cccs2)cc1. The van der Waals surface area contributed by atoms with Crippen molar-refractivity contribution < 1.29 is 18.3 Å². The average molecular weight is 326 g/mol. The molecule has 1 heterocycles. The van der Waals surface area contributed by atoms with E-state index in [0.29, 0.717) is 10.6 Å². The predicted molar refractivity (Wildman–Crippen MR) is 81.0 cm³/mol. The number of thiophene rings is 1. The maximum atomic E-state index is 11.6. The Hall–Kier alpha value is -1.90. The van der Waals surface area contributed by atoms with Gasteiger partial charge in [0.2, 0.25) is 10.0 Å². The minimum absolute atomic E-state index is 0.124. The Balaban J connectivity index is 2.21. The number of aliphatic carboxylic acids is 1. The Morgan fingerprint density at radius 1 is 1.24 bits per heavy atom. The van der Waals surface area contributed by atoms with Gasteiger partial charge in [0, 0.05) is 10.6 Å². The number of carboxylic acid groups (broad SMARTS) is 1. The van der Waals surface area contributed by atoms with E-state index in [1.807, 2.05) is 0 Å². The lowest BCUT2D eigenvalue weighted by Gasteiger charge is -2.14. The van der Waals surface area contributed by atoms with Crippen LogP contribution < -0.4 is 10.0 Å². The van der Waals surface area contributed by atoms with E-state index >= 15 is 0 Å². The van der Waals surface area contributed by atoms with Crippen molar-refractivity contribution in [3.63, 3.8) is 0 Å². The molecule has 6 nitrogen and oxygen atoms in total. The zero-order valence-corrected chi connectivity index (χ0v) is 12.7. The number of carbonyl (C=O) groups is 1. The summed E-state index contributed by atoms with van der Waals surface area (Å²) in [6, 6.07) is 8.55. The molecule has 2 rings (SSSR count). The number of carboxylic acids is 1. The minimum Gasteiger partial charge on any atom is -0.479 e. The fourth-order valence-electron chi connectivity index (χ4n) is 1.72. The highest BCUT2D eigenvalue weighted by Gasteiger charge is 2.20. The Morgan fingerprint density at radius 2 is 1.90 bits per heavy atom. The first kappa shape index (κ1) is 15.5. The summed E-state index contributed by atoms with van der Waals surface area (Å²) in [7, 11) is -2.16. The number of sulfonamides is 1. The van der Waals surface area contributed by atoms with Gasteiger partial charge in [0.1, 0.15) is 0 Å². The molecule has 21 heavy (non-hydrogen) atoms. The quantitative estimate of drug-likeness (QED) is 0.753. The molecule has 8 heteroatoms. The van der Waals surface area contributed by atoms with Gasteiger partial charge in [-0.05, 0) is 42.8 Å². The number of rotatable bonds is 6. The van der Waals surface area contributed by atoms with Crippen LogP contribution in [0.3, 0.4) is 0 Å². The van der Waals surface area contributed by atoms with Crippen LogP contribution in [0.15, 0.2) is 46.7 Å². The van der Waals surface area contributed by atoms with Crippen LogP contribution in [0.1, 0.15) is 10.9 Å². The fraction of sp³-hybridized carbons (Fsp3) is 0.154. The molecular weight excluding hydrogens is 312 g/mol. The predicted octanol–water partition coefficient (Wildman–Crippen LogP) is 1.89. The molecule has 1 unspecified atom stereocenters. The summed E-state index contributed by atoms with van der Waals surface area (Å²) < 4.78 is 25.4. The van der Waals surface area contributed by atoms with Gasteiger partial charge in [-0.15, -0.1) is 11.3 Å². The zero-order chi connectivity index (χ0) is 15.5. The molecule has 0 aliphatic heterocycles. The Labute approximate surface area is 126 Å². The van der Waals surface area contributed by atoms with Crippen molar-refractivity contribution in [3.05, 3.63) is 46.7 Å². The van der Waals surface area contributed by atoms with Gasteiger partial charge in [0.05, 0.1) is 4.90 Å². The maximum Gasteiger partial charge on any atom is 0.331 e. The average Bonchev–Trinajstić information content (AvgIpc) is 2.98. The molecule has 0 radical (unpaired) electrons. The summed E-state index contributed by atoms with van der Waals surface area (Å²) in [4.78, 5) is 12.1. The summed E-state index contributed by atoms with van der Waals surface area (Å²) in [6.07, 6.45) is 0. The molecule has 0 bridgehead atoms. The van der Waals surface area contributed by atoms with Crippen LogP contribution in [0.5, 0.6) is 0 Å². The van der Waals surface area contributed by atoms with E-state index in [4.69, 9.17) is 0 Å². The van der Waals surface area contributed by atoms with Crippen LogP contribution in [0.25, 0.3) is 0 Å². The molecule has 3 N–H and O–H groups in total. The second-order valence-corrected chi connectivity index (χ2v) is 7.03. The molecule has 0 saturated carbocycles. The molecule has 1 aromatic carbocycles. The van der Waals surface area contributed by atoms with E-state index in [9.17, 15) is 18.3 Å². The lowest BCUT2D eigenvalue weighted by Crippen LogP contribution is -2.20. The van der Waals surface area contributed by atoms with E-state index in [1.165, 1.54) is 42.6 Å². The highest BCUT2D eigenvalue weighted by Crippen LogP contribution is 2.24. The topological polar surface area (TPSA) is 95.5 Å². The van der Waals surface area contributed by atoms with Gasteiger partial charge in [-0.2, -0.15) is 0 Å². The lowest BCUT2D eigenvalue weighted by molar-refractivity contribution is -0.138. The van der Waals surface area contributed by atoms with Crippen LogP contribution in [-0.2, 0) is 14.8 Å². The third-order valence-electron chi connectivity index (χ3n) is 2.82. The first-order valence-corrected chi connectivity index (χ1v) is 8.36. The molecule has 0 saturated heterocycles. The lowest BCUT2D eigenvalue weighted by atomic mass is 10.2. The monoisotopic (exact) mass is 326 g/mol. The summed E-state index contributed by atoms with van der Waals surface area (Å²) >= 11 is 1.34. The van der Waals surface area contributed by atoms with Gasteiger partial charge < -0.3 is 10.4 Å². The first-order chi connectivity index (χ1) is 9.94. The molecule has 0 amide bonds. The van der Waals surface area contributed by atoms with Gasteiger partial charge in [0.15, 0.2) is 6.04 Å². The van der Waals surface area contributed by atoms with Crippen LogP contribution in [0, 0.1) is 0 Å². The van der Waals surface area contributed by atoms with Crippen LogP contribution >= 0.6 is 11.3 Å². The van der Waals surface area contributed by atoms with E-state index in [2.05, 4.69) is 10.0 Å². The van der Waals surface area contributed by atoms with E-state index in [1.54, 1.807) is 17.5 Å². The standard InChI is InChI=1S/C13H14N2O4S2/c1-14-21(18,19)10-6-4-9(5-7-10)15-12(13(16)17)11-3-2-8-20-11/h2-8,12,14-15H,1H3,(H,16,17). The van der Waals surface area contributed by atoms with Crippen LogP contribution in [0.4, 0.5) is 5.69 Å². The summed E-state index contributed by atoms with van der Waals surface area (Å²) in [5.74, 6) is -0.996. The number of benzene rings is 1. The normalized spacial score (nSPS) is 12.8. The summed E-state index contributed by atoms with van der Waals surface area (Å²) in [5.41, 5.74) is 0.533. The molecule has 2 aromatic rings. The van der Waals surface area contributed by atoms with Crippen molar-refractivity contribution in [1.29, 1.82) is 0 Å². The van der Waals surface area contributed by atoms with Crippen LogP contribution in [-0.4, -0.2) is 26.5 Å². The van der Waals surface area contributed by atoms with Gasteiger partial charge in [-0.25, -0.2) is 17.9 Å². The molecular formula is C13H14N2O4S2. The number of hydrogen-bond acceptors (Lipinski definition) is 5. The van der Waals surface area contributed by atoms with Crippen molar-refractivity contribution in [3.8, 4) is 0 Å². The Morgan fingerprint density at radius 3 is 2.38 bits per heavy atom. The van der Waals surface area contributed by atoms with E-state index in [-0.39, 0.29) is 4.90 Å². The molecule has 0 aliphatic rings.